The van der Waals surface area contributed by atoms with Crippen LogP contribution in [-0.2, 0) is 0 Å². The summed E-state index contributed by atoms with van der Waals surface area (Å²) in [6.45, 7) is 1.97. The molecule has 0 amide bonds. The van der Waals surface area contributed by atoms with Crippen molar-refractivity contribution in [2.24, 2.45) is 0 Å². The van der Waals surface area contributed by atoms with Gasteiger partial charge >= 0.3 is 0 Å². The maximum absolute atomic E-state index is 13.4. The molecule has 4 aromatic rings. The number of ketones is 1. The number of Topliss-reactive ketones (excluding diaryl/α,β-unsaturated/α-hetero) is 1. The molecule has 0 spiro atoms. The molecule has 0 saturated heterocycles. The Hall–Kier alpha value is -3.92. The highest BCUT2D eigenvalue weighted by Crippen LogP contribution is 2.32. The van der Waals surface area contributed by atoms with Gasteiger partial charge in [-0.3, -0.25) is 4.79 Å². The van der Waals surface area contributed by atoms with Crippen molar-refractivity contribution >= 4 is 28.5 Å². The molecule has 0 unspecified atom stereocenters. The zero-order chi connectivity index (χ0) is 20.5. The summed E-state index contributed by atoms with van der Waals surface area (Å²) in [4.78, 5) is 18.0. The maximum Gasteiger partial charge on any atom is 0.231 e. The Morgan fingerprint density at radius 1 is 0.933 bits per heavy atom. The van der Waals surface area contributed by atoms with Crippen LogP contribution in [0.25, 0.3) is 22.7 Å². The highest BCUT2D eigenvalue weighted by atomic mass is 16.5. The number of rotatable bonds is 4. The summed E-state index contributed by atoms with van der Waals surface area (Å²) >= 11 is 0. The number of ether oxygens (including phenoxy) is 1. The van der Waals surface area contributed by atoms with Crippen molar-refractivity contribution in [3.8, 4) is 5.75 Å². The normalized spacial score (nSPS) is 16.0. The van der Waals surface area contributed by atoms with Crippen LogP contribution in [0.15, 0.2) is 94.9 Å². The van der Waals surface area contributed by atoms with Gasteiger partial charge in [0.2, 0.25) is 5.89 Å². The highest BCUT2D eigenvalue weighted by Gasteiger charge is 2.24. The summed E-state index contributed by atoms with van der Waals surface area (Å²) in [6.07, 6.45) is 3.67. The first kappa shape index (κ1) is 18.1. The zero-order valence-corrected chi connectivity index (χ0v) is 16.4. The summed E-state index contributed by atoms with van der Waals surface area (Å²) in [6, 6.07) is 24.5. The van der Waals surface area contributed by atoms with E-state index in [0.717, 1.165) is 16.9 Å². The smallest absolute Gasteiger partial charge is 0.231 e. The van der Waals surface area contributed by atoms with Crippen LogP contribution in [0.2, 0.25) is 0 Å². The van der Waals surface area contributed by atoms with E-state index in [1.165, 1.54) is 0 Å². The van der Waals surface area contributed by atoms with E-state index >= 15 is 0 Å². The fourth-order valence-electron chi connectivity index (χ4n) is 3.55. The minimum Gasteiger partial charge on any atom is -0.485 e. The first-order chi connectivity index (χ1) is 14.7. The summed E-state index contributed by atoms with van der Waals surface area (Å²) < 4.78 is 12.0. The molecule has 0 N–H and O–H groups in total. The molecule has 2 heterocycles. The highest BCUT2D eigenvalue weighted by molar-refractivity contribution is 6.28. The summed E-state index contributed by atoms with van der Waals surface area (Å²) in [5.41, 5.74) is 4.20. The molecule has 0 bridgehead atoms. The lowest BCUT2D eigenvalue weighted by Gasteiger charge is -2.23. The van der Waals surface area contributed by atoms with Crippen molar-refractivity contribution < 1.29 is 13.9 Å². The van der Waals surface area contributed by atoms with E-state index in [-0.39, 0.29) is 11.9 Å². The number of carbonyl (C=O) groups is 1. The van der Waals surface area contributed by atoms with Gasteiger partial charge in [0.15, 0.2) is 11.4 Å². The van der Waals surface area contributed by atoms with E-state index < -0.39 is 0 Å². The predicted octanol–water partition coefficient (Wildman–Crippen LogP) is 5.96. The summed E-state index contributed by atoms with van der Waals surface area (Å²) in [7, 11) is 0. The molecule has 146 valence electrons. The van der Waals surface area contributed by atoms with Gasteiger partial charge in [-0.15, -0.1) is 0 Å². The Balaban J connectivity index is 1.66. The number of oxazole rings is 1. The molecule has 0 fully saturated rings. The Morgan fingerprint density at radius 3 is 2.50 bits per heavy atom. The van der Waals surface area contributed by atoms with Crippen molar-refractivity contribution in [2.45, 2.75) is 13.0 Å². The van der Waals surface area contributed by atoms with Crippen molar-refractivity contribution in [1.82, 2.24) is 4.98 Å². The molecular formula is C26H19NO3. The fourth-order valence-corrected chi connectivity index (χ4v) is 3.55. The molecule has 1 aliphatic rings. The second kappa shape index (κ2) is 7.48. The number of allylic oxidation sites excluding steroid dienone is 1. The number of benzene rings is 3. The van der Waals surface area contributed by atoms with Crippen LogP contribution < -0.4 is 4.74 Å². The number of fused-ring (bicyclic) bond motifs is 2. The minimum atomic E-state index is -0.206. The van der Waals surface area contributed by atoms with E-state index in [0.29, 0.717) is 28.1 Å². The largest absolute Gasteiger partial charge is 0.485 e. The lowest BCUT2D eigenvalue weighted by atomic mass is 9.96. The molecule has 5 rings (SSSR count). The number of para-hydroxylation sites is 3. The lowest BCUT2D eigenvalue weighted by molar-refractivity contribution is 0.105. The van der Waals surface area contributed by atoms with Crippen molar-refractivity contribution in [2.75, 3.05) is 0 Å². The van der Waals surface area contributed by atoms with E-state index in [9.17, 15) is 4.79 Å². The monoisotopic (exact) mass is 393 g/mol. The quantitative estimate of drug-likeness (QED) is 0.317. The first-order valence-electron chi connectivity index (χ1n) is 9.84. The Morgan fingerprint density at radius 2 is 1.67 bits per heavy atom. The van der Waals surface area contributed by atoms with Gasteiger partial charge < -0.3 is 9.15 Å². The Labute approximate surface area is 174 Å². The van der Waals surface area contributed by atoms with Gasteiger partial charge in [-0.25, -0.2) is 4.98 Å². The van der Waals surface area contributed by atoms with Gasteiger partial charge in [-0.2, -0.15) is 0 Å². The molecule has 0 radical (unpaired) electrons. The van der Waals surface area contributed by atoms with Gasteiger partial charge in [-0.05, 0) is 42.8 Å². The van der Waals surface area contributed by atoms with E-state index in [1.54, 1.807) is 12.1 Å². The molecule has 1 atom stereocenters. The van der Waals surface area contributed by atoms with Crippen LogP contribution in [0, 0.1) is 0 Å². The van der Waals surface area contributed by atoms with E-state index in [1.807, 2.05) is 85.8 Å². The molecule has 0 saturated carbocycles. The van der Waals surface area contributed by atoms with Crippen LogP contribution in [0.4, 0.5) is 0 Å². The predicted molar refractivity (Wildman–Crippen MR) is 117 cm³/mol. The van der Waals surface area contributed by atoms with Gasteiger partial charge in [0, 0.05) is 11.1 Å². The van der Waals surface area contributed by atoms with Crippen LogP contribution in [-0.4, -0.2) is 16.9 Å². The molecule has 3 aromatic carbocycles. The molecule has 30 heavy (non-hydrogen) atoms. The second-order valence-electron chi connectivity index (χ2n) is 7.18. The van der Waals surface area contributed by atoms with Gasteiger partial charge in [0.05, 0.1) is 5.57 Å². The zero-order valence-electron chi connectivity index (χ0n) is 16.4. The molecule has 4 nitrogen and oxygen atoms in total. The number of carbonyl (C=O) groups excluding carboxylic acids is 1. The minimum absolute atomic E-state index is 0.144. The van der Waals surface area contributed by atoms with Gasteiger partial charge in [0.1, 0.15) is 17.4 Å². The number of hydrogen-bond acceptors (Lipinski definition) is 4. The van der Waals surface area contributed by atoms with Gasteiger partial charge in [-0.1, -0.05) is 60.7 Å². The first-order valence-corrected chi connectivity index (χ1v) is 9.84. The number of hydrogen-bond donors (Lipinski definition) is 0. The third-order valence-corrected chi connectivity index (χ3v) is 5.13. The molecule has 1 aliphatic heterocycles. The van der Waals surface area contributed by atoms with Gasteiger partial charge in [0.25, 0.3) is 0 Å². The second-order valence-corrected chi connectivity index (χ2v) is 7.18. The Kier molecular flexibility index (Phi) is 4.52. The van der Waals surface area contributed by atoms with Crippen molar-refractivity contribution in [3.63, 3.8) is 0 Å². The number of aromatic nitrogens is 1. The molecule has 0 aliphatic carbocycles. The standard InChI is InChI=1S/C26H19NO3/c1-17-20(15-19-11-5-7-13-23(19)29-17)16-21(25(28)18-9-3-2-4-10-18)26-27-22-12-6-8-14-24(22)30-26/h2-17H,1H3/b21-16-/t17-/m1/s1. The van der Waals surface area contributed by atoms with Crippen LogP contribution in [0.1, 0.15) is 28.7 Å². The van der Waals surface area contributed by atoms with Crippen LogP contribution >= 0.6 is 0 Å². The van der Waals surface area contributed by atoms with Crippen LogP contribution in [0.3, 0.4) is 0 Å². The third kappa shape index (κ3) is 3.33. The van der Waals surface area contributed by atoms with E-state index in [4.69, 9.17) is 9.15 Å². The van der Waals surface area contributed by atoms with Crippen molar-refractivity contribution in [1.29, 1.82) is 0 Å². The third-order valence-electron chi connectivity index (χ3n) is 5.13. The Bertz CT molecular complexity index is 1270. The number of nitrogens with zero attached hydrogens (tertiary/aromatic N) is 1. The fraction of sp³-hybridized carbons (Fsp3) is 0.0769. The van der Waals surface area contributed by atoms with E-state index in [2.05, 4.69) is 4.98 Å². The summed E-state index contributed by atoms with van der Waals surface area (Å²) in [5, 5.41) is 0. The topological polar surface area (TPSA) is 52.3 Å². The average molecular weight is 393 g/mol. The molecule has 4 heteroatoms. The SMILES string of the molecule is C[C@H]1Oc2ccccc2C=C1/C=C(/C(=O)c1ccccc1)c1nc2ccccc2o1. The van der Waals surface area contributed by atoms with Crippen LogP contribution in [0.5, 0.6) is 5.75 Å². The average Bonchev–Trinajstić information content (AvgIpc) is 3.21. The summed E-state index contributed by atoms with van der Waals surface area (Å²) in [5.74, 6) is 0.992. The van der Waals surface area contributed by atoms with Crippen molar-refractivity contribution in [3.05, 3.63) is 108 Å². The maximum atomic E-state index is 13.4. The molecule has 1 aromatic heterocycles. The lowest BCUT2D eigenvalue weighted by Crippen LogP contribution is -2.18. The molecular weight excluding hydrogens is 374 g/mol.